The van der Waals surface area contributed by atoms with Gasteiger partial charge in [0.2, 0.25) is 0 Å². The summed E-state index contributed by atoms with van der Waals surface area (Å²) in [6, 6.07) is 53.3. The lowest BCUT2D eigenvalue weighted by molar-refractivity contribution is 0.137. The van der Waals surface area contributed by atoms with Crippen LogP contribution in [0.15, 0.2) is 175 Å². The number of benzene rings is 6. The number of rotatable bonds is 4. The molecule has 2 atom stereocenters. The second kappa shape index (κ2) is 11.0. The molecule has 1 spiro atoms. The number of hydrogen-bond donors (Lipinski definition) is 1. The topological polar surface area (TPSA) is 42.9 Å². The second-order valence-corrected chi connectivity index (χ2v) is 13.0. The third kappa shape index (κ3) is 4.27. The first-order chi connectivity index (χ1) is 24.3. The SMILES string of the molecule is C1=C(c2ccccc2)NC(c2ccccc2)=NC1C1=CCC(c2ccc3c(c2)Oc2ccccc2C32c3ccccc3-c3ccccc32)O1. The fourth-order valence-corrected chi connectivity index (χ4v) is 8.17. The van der Waals surface area contributed by atoms with Gasteiger partial charge in [0.25, 0.3) is 0 Å². The Kier molecular flexibility index (Phi) is 6.25. The van der Waals surface area contributed by atoms with Gasteiger partial charge >= 0.3 is 0 Å². The predicted octanol–water partition coefficient (Wildman–Crippen LogP) is 9.96. The van der Waals surface area contributed by atoms with Gasteiger partial charge in [-0.25, -0.2) is 0 Å². The number of para-hydroxylation sites is 1. The van der Waals surface area contributed by atoms with E-state index >= 15 is 0 Å². The van der Waals surface area contributed by atoms with Crippen LogP contribution in [0.2, 0.25) is 0 Å². The molecule has 10 rings (SSSR count). The first kappa shape index (κ1) is 27.9. The number of ether oxygens (including phenoxy) is 2. The third-order valence-electron chi connectivity index (χ3n) is 10.3. The molecule has 0 aromatic heterocycles. The van der Waals surface area contributed by atoms with E-state index in [0.717, 1.165) is 57.5 Å². The molecule has 0 saturated carbocycles. The summed E-state index contributed by atoms with van der Waals surface area (Å²) in [4.78, 5) is 5.14. The zero-order valence-corrected chi connectivity index (χ0v) is 26.7. The summed E-state index contributed by atoms with van der Waals surface area (Å²) < 4.78 is 13.5. The molecule has 4 aliphatic rings. The highest BCUT2D eigenvalue weighted by Crippen LogP contribution is 2.62. The van der Waals surface area contributed by atoms with Gasteiger partial charge in [0, 0.05) is 28.8 Å². The molecule has 49 heavy (non-hydrogen) atoms. The van der Waals surface area contributed by atoms with E-state index in [0.29, 0.717) is 0 Å². The van der Waals surface area contributed by atoms with E-state index in [9.17, 15) is 0 Å². The molecule has 1 N–H and O–H groups in total. The lowest BCUT2D eigenvalue weighted by Crippen LogP contribution is -2.32. The molecule has 0 fully saturated rings. The Morgan fingerprint density at radius 1 is 0.592 bits per heavy atom. The van der Waals surface area contributed by atoms with Crippen molar-refractivity contribution >= 4 is 11.5 Å². The Bertz CT molecular complexity index is 2250. The Labute approximate surface area is 285 Å². The van der Waals surface area contributed by atoms with E-state index < -0.39 is 5.41 Å². The maximum Gasteiger partial charge on any atom is 0.133 e. The van der Waals surface area contributed by atoms with Crippen molar-refractivity contribution in [3.63, 3.8) is 0 Å². The molecular weight excluding hydrogens is 601 g/mol. The molecule has 4 heteroatoms. The van der Waals surface area contributed by atoms with Crippen LogP contribution in [0.3, 0.4) is 0 Å². The molecule has 234 valence electrons. The molecule has 6 aromatic rings. The average molecular weight is 633 g/mol. The highest BCUT2D eigenvalue weighted by molar-refractivity contribution is 6.05. The second-order valence-electron chi connectivity index (χ2n) is 13.0. The maximum absolute atomic E-state index is 6.77. The minimum atomic E-state index is -0.466. The van der Waals surface area contributed by atoms with Gasteiger partial charge in [0.1, 0.15) is 35.2 Å². The Balaban J connectivity index is 1.03. The van der Waals surface area contributed by atoms with Gasteiger partial charge < -0.3 is 14.8 Å². The molecule has 6 aromatic carbocycles. The number of amidine groups is 1. The number of fused-ring (bicyclic) bond motifs is 9. The fraction of sp³-hybridized carbons (Fsp3) is 0.0889. The summed E-state index contributed by atoms with van der Waals surface area (Å²) in [6.45, 7) is 0. The van der Waals surface area contributed by atoms with Crippen LogP contribution in [0, 0.1) is 0 Å². The average Bonchev–Trinajstić information content (AvgIpc) is 3.78. The van der Waals surface area contributed by atoms with E-state index in [1.165, 1.54) is 27.8 Å². The van der Waals surface area contributed by atoms with Crippen molar-refractivity contribution in [2.24, 2.45) is 4.99 Å². The molecule has 2 unspecified atom stereocenters. The zero-order chi connectivity index (χ0) is 32.4. The van der Waals surface area contributed by atoms with Gasteiger partial charge in [-0.2, -0.15) is 0 Å². The van der Waals surface area contributed by atoms with E-state index in [2.05, 4.69) is 145 Å². The lowest BCUT2D eigenvalue weighted by Gasteiger charge is -2.39. The molecule has 3 heterocycles. The van der Waals surface area contributed by atoms with E-state index in [-0.39, 0.29) is 12.1 Å². The molecule has 0 saturated heterocycles. The minimum Gasteiger partial charge on any atom is -0.487 e. The first-order valence-electron chi connectivity index (χ1n) is 16.9. The highest BCUT2D eigenvalue weighted by atomic mass is 16.5. The van der Waals surface area contributed by atoms with Crippen LogP contribution in [0.4, 0.5) is 0 Å². The summed E-state index contributed by atoms with van der Waals surface area (Å²) in [6.07, 6.45) is 4.99. The predicted molar refractivity (Wildman–Crippen MR) is 195 cm³/mol. The molecule has 0 radical (unpaired) electrons. The van der Waals surface area contributed by atoms with E-state index in [1.807, 2.05) is 24.3 Å². The van der Waals surface area contributed by atoms with Crippen LogP contribution in [-0.4, -0.2) is 11.9 Å². The van der Waals surface area contributed by atoms with Crippen molar-refractivity contribution in [1.29, 1.82) is 0 Å². The molecular formula is C45H32N2O2. The van der Waals surface area contributed by atoms with Gasteiger partial charge in [0.05, 0.1) is 5.41 Å². The largest absolute Gasteiger partial charge is 0.487 e. The summed E-state index contributed by atoms with van der Waals surface area (Å²) in [5.74, 6) is 3.47. The number of nitrogens with zero attached hydrogens (tertiary/aromatic N) is 1. The van der Waals surface area contributed by atoms with Crippen LogP contribution in [0.5, 0.6) is 11.5 Å². The number of nitrogens with one attached hydrogen (secondary N) is 1. The monoisotopic (exact) mass is 632 g/mol. The Hall–Kier alpha value is -6.13. The van der Waals surface area contributed by atoms with E-state index in [4.69, 9.17) is 14.5 Å². The van der Waals surface area contributed by atoms with Crippen LogP contribution >= 0.6 is 0 Å². The minimum absolute atomic E-state index is 0.140. The van der Waals surface area contributed by atoms with Crippen molar-refractivity contribution in [1.82, 2.24) is 5.32 Å². The van der Waals surface area contributed by atoms with E-state index in [1.54, 1.807) is 0 Å². The van der Waals surface area contributed by atoms with Crippen molar-refractivity contribution < 1.29 is 9.47 Å². The summed E-state index contributed by atoms with van der Waals surface area (Å²) in [7, 11) is 0. The van der Waals surface area contributed by atoms with Crippen molar-refractivity contribution in [2.45, 2.75) is 24.0 Å². The van der Waals surface area contributed by atoms with Crippen LogP contribution in [-0.2, 0) is 10.2 Å². The zero-order valence-electron chi connectivity index (χ0n) is 26.7. The van der Waals surface area contributed by atoms with Crippen molar-refractivity contribution in [3.8, 4) is 22.6 Å². The lowest BCUT2D eigenvalue weighted by atomic mass is 9.66. The quantitative estimate of drug-likeness (QED) is 0.210. The van der Waals surface area contributed by atoms with Crippen molar-refractivity contribution in [2.75, 3.05) is 0 Å². The first-order valence-corrected chi connectivity index (χ1v) is 16.9. The number of aliphatic imine (C=N–C) groups is 1. The summed E-state index contributed by atoms with van der Waals surface area (Å²) in [5.41, 5.74) is 11.3. The maximum atomic E-state index is 6.77. The Morgan fingerprint density at radius 3 is 1.94 bits per heavy atom. The third-order valence-corrected chi connectivity index (χ3v) is 10.3. The van der Waals surface area contributed by atoms with Crippen LogP contribution in [0.1, 0.15) is 51.5 Å². The molecule has 1 aliphatic carbocycles. The van der Waals surface area contributed by atoms with Crippen molar-refractivity contribution in [3.05, 3.63) is 209 Å². The van der Waals surface area contributed by atoms with Crippen LogP contribution in [0.25, 0.3) is 16.8 Å². The molecule has 4 nitrogen and oxygen atoms in total. The highest BCUT2D eigenvalue weighted by Gasteiger charge is 2.51. The van der Waals surface area contributed by atoms with Gasteiger partial charge in [-0.3, -0.25) is 4.99 Å². The molecule has 3 aliphatic heterocycles. The Morgan fingerprint density at radius 2 is 1.20 bits per heavy atom. The normalized spacial score (nSPS) is 19.1. The molecule has 0 bridgehead atoms. The fourth-order valence-electron chi connectivity index (χ4n) is 8.17. The van der Waals surface area contributed by atoms with Gasteiger partial charge in [-0.05, 0) is 57.7 Å². The summed E-state index contributed by atoms with van der Waals surface area (Å²) >= 11 is 0. The van der Waals surface area contributed by atoms with Crippen LogP contribution < -0.4 is 10.1 Å². The number of hydrogen-bond acceptors (Lipinski definition) is 4. The summed E-state index contributed by atoms with van der Waals surface area (Å²) in [5, 5.41) is 3.57. The van der Waals surface area contributed by atoms with Gasteiger partial charge in [-0.15, -0.1) is 0 Å². The van der Waals surface area contributed by atoms with Gasteiger partial charge in [0.15, 0.2) is 0 Å². The standard InChI is InChI=1S/C45H32N2O2/c1-3-13-29(14-4-1)38-28-39(47-44(46-38)30-15-5-2-6-16-30)42-26-25-40(48-42)31-23-24-37-43(27-31)49-41-22-12-11-21-36(41)45(37)34-19-9-7-17-32(34)33-18-8-10-20-35(33)45/h1-24,26-28,39-40H,25H2,(H,46,47). The molecule has 0 amide bonds. The smallest absolute Gasteiger partial charge is 0.133 e. The van der Waals surface area contributed by atoms with Gasteiger partial charge in [-0.1, -0.05) is 140 Å².